The summed E-state index contributed by atoms with van der Waals surface area (Å²) in [7, 11) is 0. The zero-order valence-corrected chi connectivity index (χ0v) is 18.3. The van der Waals surface area contributed by atoms with Crippen molar-refractivity contribution in [1.29, 1.82) is 0 Å². The maximum absolute atomic E-state index is 13.1. The van der Waals surface area contributed by atoms with E-state index in [0.717, 1.165) is 34.4 Å². The number of rotatable bonds is 4. The molecule has 0 bridgehead atoms. The van der Waals surface area contributed by atoms with E-state index in [0.29, 0.717) is 6.54 Å². The van der Waals surface area contributed by atoms with Gasteiger partial charge in [0.2, 0.25) is 0 Å². The van der Waals surface area contributed by atoms with Crippen molar-refractivity contribution in [2.45, 2.75) is 32.0 Å². The Hall–Kier alpha value is -3.87. The van der Waals surface area contributed by atoms with E-state index in [2.05, 4.69) is 11.4 Å². The normalized spacial score (nSPS) is 21.0. The van der Waals surface area contributed by atoms with E-state index >= 15 is 0 Å². The molecule has 3 aromatic rings. The monoisotopic (exact) mass is 443 g/mol. The number of amides is 1. The average molecular weight is 444 g/mol. The third kappa shape index (κ3) is 4.02. The van der Waals surface area contributed by atoms with E-state index in [1.807, 2.05) is 66.4 Å². The van der Waals surface area contributed by atoms with Crippen LogP contribution in [0.2, 0.25) is 0 Å². The van der Waals surface area contributed by atoms with E-state index in [9.17, 15) is 14.9 Å². The van der Waals surface area contributed by atoms with Gasteiger partial charge >= 0.3 is 6.09 Å². The second-order valence-electron chi connectivity index (χ2n) is 8.69. The number of hydrogen-bond acceptors (Lipinski definition) is 5. The van der Waals surface area contributed by atoms with Gasteiger partial charge < -0.3 is 15.0 Å². The van der Waals surface area contributed by atoms with Crippen molar-refractivity contribution >= 4 is 17.5 Å². The minimum absolute atomic E-state index is 0.0575. The van der Waals surface area contributed by atoms with Crippen LogP contribution in [0.1, 0.15) is 40.8 Å². The van der Waals surface area contributed by atoms with E-state index in [-0.39, 0.29) is 41.3 Å². The van der Waals surface area contributed by atoms with Crippen molar-refractivity contribution in [3.8, 4) is 0 Å². The predicted molar refractivity (Wildman–Crippen MR) is 125 cm³/mol. The van der Waals surface area contributed by atoms with Crippen LogP contribution in [0.4, 0.5) is 16.2 Å². The number of nitrogens with zero attached hydrogens (tertiary/aromatic N) is 2. The summed E-state index contributed by atoms with van der Waals surface area (Å²) in [6.07, 6.45) is 0.496. The third-order valence-corrected chi connectivity index (χ3v) is 6.61. The first kappa shape index (κ1) is 21.0. The highest BCUT2D eigenvalue weighted by Crippen LogP contribution is 2.51. The Balaban J connectivity index is 1.44. The van der Waals surface area contributed by atoms with Crippen LogP contribution in [0.5, 0.6) is 0 Å². The molecule has 168 valence electrons. The smallest absolute Gasteiger partial charge is 0.410 e. The summed E-state index contributed by atoms with van der Waals surface area (Å²) in [4.78, 5) is 25.7. The number of anilines is 1. The number of nitro benzene ring substituents is 1. The number of nitrogens with one attached hydrogen (secondary N) is 1. The van der Waals surface area contributed by atoms with Crippen molar-refractivity contribution in [3.05, 3.63) is 105 Å². The molecular weight excluding hydrogens is 418 g/mol. The van der Waals surface area contributed by atoms with E-state index in [1.54, 1.807) is 0 Å². The van der Waals surface area contributed by atoms with Crippen LogP contribution < -0.4 is 5.32 Å². The maximum Gasteiger partial charge on any atom is 0.410 e. The van der Waals surface area contributed by atoms with Crippen molar-refractivity contribution in [3.63, 3.8) is 0 Å². The molecule has 0 spiro atoms. The number of aryl methyl sites for hydroxylation is 1. The number of carbonyl (C=O) groups excluding carboxylic acids is 1. The molecule has 1 N–H and O–H groups in total. The summed E-state index contributed by atoms with van der Waals surface area (Å²) in [5.41, 5.74) is 5.20. The van der Waals surface area contributed by atoms with Crippen molar-refractivity contribution < 1.29 is 14.5 Å². The predicted octanol–water partition coefficient (Wildman–Crippen LogP) is 5.77. The molecule has 3 atom stereocenters. The molecule has 1 saturated heterocycles. The Bertz CT molecular complexity index is 1180. The number of nitro groups is 1. The molecule has 0 saturated carbocycles. The van der Waals surface area contributed by atoms with Crippen LogP contribution in [0.25, 0.3) is 0 Å². The number of ether oxygens (including phenoxy) is 1. The van der Waals surface area contributed by atoms with Gasteiger partial charge in [0.1, 0.15) is 6.61 Å². The molecule has 2 aliphatic rings. The van der Waals surface area contributed by atoms with Crippen LogP contribution in [-0.4, -0.2) is 22.5 Å². The third-order valence-electron chi connectivity index (χ3n) is 6.61. The highest BCUT2D eigenvalue weighted by atomic mass is 16.6. The average Bonchev–Trinajstić information content (AvgIpc) is 3.28. The first-order valence-corrected chi connectivity index (χ1v) is 11.1. The Kier molecular flexibility index (Phi) is 5.46. The maximum atomic E-state index is 13.1. The lowest BCUT2D eigenvalue weighted by Crippen LogP contribution is -2.37. The number of fused-ring (bicyclic) bond motifs is 3. The standard InChI is InChI=1S/C26H25N3O4/c1-17-7-12-23-22(15-17)25-21(24(27-23)19-8-10-20(11-9-19)29(31)32)13-14-28(25)26(30)33-16-18-5-3-2-4-6-18/h2-12,15,21,24-25,27H,13-14,16H2,1H3/t21-,24+,25-/m0/s1. The van der Waals surface area contributed by atoms with Crippen LogP contribution in [0.15, 0.2) is 72.8 Å². The highest BCUT2D eigenvalue weighted by Gasteiger charge is 2.47. The topological polar surface area (TPSA) is 84.7 Å². The van der Waals surface area contributed by atoms with Crippen molar-refractivity contribution in [2.24, 2.45) is 5.92 Å². The second-order valence-corrected chi connectivity index (χ2v) is 8.69. The Morgan fingerprint density at radius 3 is 2.61 bits per heavy atom. The van der Waals surface area contributed by atoms with Crippen molar-refractivity contribution in [1.82, 2.24) is 4.90 Å². The van der Waals surface area contributed by atoms with Crippen LogP contribution >= 0.6 is 0 Å². The lowest BCUT2D eigenvalue weighted by Gasteiger charge is -2.39. The number of benzene rings is 3. The van der Waals surface area contributed by atoms with Gasteiger partial charge in [-0.15, -0.1) is 0 Å². The fourth-order valence-electron chi connectivity index (χ4n) is 5.04. The molecule has 0 aromatic heterocycles. The first-order chi connectivity index (χ1) is 16.0. The fraction of sp³-hybridized carbons (Fsp3) is 0.269. The van der Waals surface area contributed by atoms with Gasteiger partial charge in [0.25, 0.3) is 5.69 Å². The van der Waals surface area contributed by atoms with Crippen molar-refractivity contribution in [2.75, 3.05) is 11.9 Å². The second kappa shape index (κ2) is 8.58. The van der Waals surface area contributed by atoms with E-state index in [4.69, 9.17) is 4.74 Å². The lowest BCUT2D eigenvalue weighted by atomic mass is 9.79. The molecule has 1 amide bonds. The van der Waals surface area contributed by atoms with Gasteiger partial charge in [-0.25, -0.2) is 4.79 Å². The van der Waals surface area contributed by atoms with Gasteiger partial charge in [-0.2, -0.15) is 0 Å². The first-order valence-electron chi connectivity index (χ1n) is 11.1. The molecule has 0 aliphatic carbocycles. The molecule has 0 radical (unpaired) electrons. The summed E-state index contributed by atoms with van der Waals surface area (Å²) in [6, 6.07) is 22.4. The minimum atomic E-state index is -0.390. The largest absolute Gasteiger partial charge is 0.445 e. The number of hydrogen-bond donors (Lipinski definition) is 1. The molecule has 7 heteroatoms. The number of non-ortho nitro benzene ring substituents is 1. The van der Waals surface area contributed by atoms with E-state index in [1.165, 1.54) is 12.1 Å². The molecule has 3 aromatic carbocycles. The molecule has 0 unspecified atom stereocenters. The Morgan fingerprint density at radius 2 is 1.88 bits per heavy atom. The summed E-state index contributed by atoms with van der Waals surface area (Å²) in [6.45, 7) is 2.88. The zero-order valence-electron chi connectivity index (χ0n) is 18.3. The van der Waals surface area contributed by atoms with Gasteiger partial charge in [-0.3, -0.25) is 10.1 Å². The molecule has 1 fully saturated rings. The summed E-state index contributed by atoms with van der Waals surface area (Å²) in [5, 5.41) is 14.7. The molecule has 2 heterocycles. The molecule has 2 aliphatic heterocycles. The van der Waals surface area contributed by atoms with Gasteiger partial charge in [-0.1, -0.05) is 60.2 Å². The van der Waals surface area contributed by atoms with Crippen LogP contribution in [0, 0.1) is 23.0 Å². The number of carbonyl (C=O) groups is 1. The minimum Gasteiger partial charge on any atom is -0.445 e. The van der Waals surface area contributed by atoms with Crippen LogP contribution in [-0.2, 0) is 11.3 Å². The molecular formula is C26H25N3O4. The van der Waals surface area contributed by atoms with Gasteiger partial charge in [-0.05, 0) is 36.1 Å². The van der Waals surface area contributed by atoms with Gasteiger partial charge in [0.05, 0.1) is 17.0 Å². The highest BCUT2D eigenvalue weighted by molar-refractivity contribution is 5.71. The lowest BCUT2D eigenvalue weighted by molar-refractivity contribution is -0.384. The summed E-state index contributed by atoms with van der Waals surface area (Å²) < 4.78 is 5.68. The molecule has 7 nitrogen and oxygen atoms in total. The van der Waals surface area contributed by atoms with Gasteiger partial charge in [0, 0.05) is 30.3 Å². The molecule has 33 heavy (non-hydrogen) atoms. The number of likely N-dealkylation sites (tertiary alicyclic amines) is 1. The summed E-state index contributed by atoms with van der Waals surface area (Å²) >= 11 is 0. The fourth-order valence-corrected chi connectivity index (χ4v) is 5.04. The zero-order chi connectivity index (χ0) is 22.9. The van der Waals surface area contributed by atoms with Gasteiger partial charge in [0.15, 0.2) is 0 Å². The Morgan fingerprint density at radius 1 is 1.12 bits per heavy atom. The van der Waals surface area contributed by atoms with Crippen LogP contribution in [0.3, 0.4) is 0 Å². The Labute approximate surface area is 192 Å². The SMILES string of the molecule is Cc1ccc2c(c1)[C@@H]1[C@@H](CCN1C(=O)OCc1ccccc1)[C@@H](c1ccc([N+](=O)[O-])cc1)N2. The van der Waals surface area contributed by atoms with E-state index < -0.39 is 0 Å². The summed E-state index contributed by atoms with van der Waals surface area (Å²) in [5.74, 6) is 0.130. The quantitative estimate of drug-likeness (QED) is 0.409. The molecule has 5 rings (SSSR count).